The van der Waals surface area contributed by atoms with Crippen molar-refractivity contribution in [1.29, 1.82) is 0 Å². The molecule has 1 aromatic carbocycles. The van der Waals surface area contributed by atoms with Crippen molar-refractivity contribution in [2.75, 3.05) is 18.5 Å². The van der Waals surface area contributed by atoms with E-state index in [1.165, 1.54) is 0 Å². The van der Waals surface area contributed by atoms with Gasteiger partial charge in [-0.3, -0.25) is 4.79 Å². The van der Waals surface area contributed by atoms with Crippen LogP contribution in [0.5, 0.6) is 0 Å². The van der Waals surface area contributed by atoms with Crippen molar-refractivity contribution in [2.45, 2.75) is 32.9 Å². The van der Waals surface area contributed by atoms with Gasteiger partial charge in [0.25, 0.3) is 5.91 Å². The molecule has 1 aliphatic rings. The molecule has 0 saturated heterocycles. The Morgan fingerprint density at radius 1 is 1.22 bits per heavy atom. The quantitative estimate of drug-likeness (QED) is 0.915. The minimum Gasteiger partial charge on any atom is -0.483 e. The maximum atomic E-state index is 12.9. The Balaban J connectivity index is 2.31. The van der Waals surface area contributed by atoms with Crippen molar-refractivity contribution >= 4 is 11.6 Å². The predicted octanol–water partition coefficient (Wildman–Crippen LogP) is 3.88. The molecule has 1 heterocycles. The summed E-state index contributed by atoms with van der Waals surface area (Å²) in [5.74, 6) is -2.97. The molecule has 0 spiro atoms. The van der Waals surface area contributed by atoms with Crippen LogP contribution in [-0.4, -0.2) is 25.3 Å². The van der Waals surface area contributed by atoms with Crippen LogP contribution in [0, 0.1) is 6.92 Å². The molecule has 0 aliphatic carbocycles. The Morgan fingerprint density at radius 2 is 1.87 bits per heavy atom. The number of aryl methyl sites for hydroxylation is 1. The summed E-state index contributed by atoms with van der Waals surface area (Å²) in [6, 6.07) is 5.47. The summed E-state index contributed by atoms with van der Waals surface area (Å²) in [5.41, 5.74) is 2.16. The van der Waals surface area contributed by atoms with Crippen molar-refractivity contribution in [2.24, 2.45) is 0 Å². The fourth-order valence-corrected chi connectivity index (χ4v) is 2.11. The number of halogens is 3. The molecule has 0 saturated carbocycles. The topological polar surface area (TPSA) is 47.6 Å². The third-order valence-electron chi connectivity index (χ3n) is 3.42. The SMILES string of the molecule is Cc1ccc(C(C)C)cc1NC(=O)C1=C(C(F)(F)F)OCCO1. The molecule has 0 radical (unpaired) electrons. The molecule has 1 aliphatic heterocycles. The van der Waals surface area contributed by atoms with Gasteiger partial charge in [-0.15, -0.1) is 0 Å². The Hall–Kier alpha value is -2.18. The third kappa shape index (κ3) is 3.97. The third-order valence-corrected chi connectivity index (χ3v) is 3.42. The number of hydrogen-bond donors (Lipinski definition) is 1. The maximum Gasteiger partial charge on any atom is 0.453 e. The highest BCUT2D eigenvalue weighted by atomic mass is 19.4. The monoisotopic (exact) mass is 329 g/mol. The van der Waals surface area contributed by atoms with E-state index < -0.39 is 23.6 Å². The molecule has 23 heavy (non-hydrogen) atoms. The van der Waals surface area contributed by atoms with E-state index in [0.29, 0.717) is 5.69 Å². The molecule has 0 bridgehead atoms. The van der Waals surface area contributed by atoms with E-state index >= 15 is 0 Å². The molecular weight excluding hydrogens is 311 g/mol. The normalized spacial score (nSPS) is 15.3. The lowest BCUT2D eigenvalue weighted by Crippen LogP contribution is -2.30. The molecule has 0 unspecified atom stereocenters. The minimum atomic E-state index is -4.78. The van der Waals surface area contributed by atoms with Gasteiger partial charge in [0.2, 0.25) is 11.5 Å². The Bertz CT molecular complexity index is 636. The zero-order chi connectivity index (χ0) is 17.2. The number of carbonyl (C=O) groups is 1. The van der Waals surface area contributed by atoms with Crippen LogP contribution in [0.2, 0.25) is 0 Å². The van der Waals surface area contributed by atoms with E-state index in [9.17, 15) is 18.0 Å². The number of rotatable bonds is 3. The van der Waals surface area contributed by atoms with E-state index in [4.69, 9.17) is 4.74 Å². The largest absolute Gasteiger partial charge is 0.483 e. The van der Waals surface area contributed by atoms with Crippen LogP contribution >= 0.6 is 0 Å². The number of nitrogens with one attached hydrogen (secondary N) is 1. The molecule has 0 fully saturated rings. The Morgan fingerprint density at radius 3 is 2.48 bits per heavy atom. The number of alkyl halides is 3. The number of allylic oxidation sites excluding steroid dienone is 1. The zero-order valence-electron chi connectivity index (χ0n) is 13.1. The van der Waals surface area contributed by atoms with Gasteiger partial charge >= 0.3 is 6.18 Å². The summed E-state index contributed by atoms with van der Waals surface area (Å²) >= 11 is 0. The first-order valence-corrected chi connectivity index (χ1v) is 7.19. The number of ether oxygens (including phenoxy) is 2. The fourth-order valence-electron chi connectivity index (χ4n) is 2.11. The summed E-state index contributed by atoms with van der Waals surface area (Å²) in [4.78, 5) is 12.2. The highest BCUT2D eigenvalue weighted by molar-refractivity contribution is 6.03. The molecule has 2 rings (SSSR count). The number of benzene rings is 1. The minimum absolute atomic E-state index is 0.104. The number of hydrogen-bond acceptors (Lipinski definition) is 3. The Kier molecular flexibility index (Phi) is 4.87. The van der Waals surface area contributed by atoms with E-state index in [1.807, 2.05) is 26.0 Å². The standard InChI is InChI=1S/C16H18F3NO3/c1-9(2)11-5-4-10(3)12(8-11)20-15(21)13-14(16(17,18)19)23-7-6-22-13/h4-5,8-9H,6-7H2,1-3H3,(H,20,21). The van der Waals surface area contributed by atoms with E-state index in [-0.39, 0.29) is 19.1 Å². The van der Waals surface area contributed by atoms with Gasteiger partial charge in [-0.25, -0.2) is 0 Å². The van der Waals surface area contributed by atoms with Crippen LogP contribution in [0.4, 0.5) is 18.9 Å². The van der Waals surface area contributed by atoms with Gasteiger partial charge in [0, 0.05) is 5.69 Å². The smallest absolute Gasteiger partial charge is 0.453 e. The molecule has 126 valence electrons. The molecule has 1 amide bonds. The Labute approximate surface area is 132 Å². The summed E-state index contributed by atoms with van der Waals surface area (Å²) in [5, 5.41) is 2.48. The summed E-state index contributed by atoms with van der Waals surface area (Å²) in [6.07, 6.45) is -4.78. The van der Waals surface area contributed by atoms with Crippen LogP contribution in [0.1, 0.15) is 30.9 Å². The summed E-state index contributed by atoms with van der Waals surface area (Å²) in [6.45, 7) is 5.38. The molecule has 0 atom stereocenters. The van der Waals surface area contributed by atoms with Crippen molar-refractivity contribution in [1.82, 2.24) is 0 Å². The summed E-state index contributed by atoms with van der Waals surface area (Å²) < 4.78 is 48.2. The van der Waals surface area contributed by atoms with Crippen LogP contribution < -0.4 is 5.32 Å². The molecular formula is C16H18F3NO3. The number of anilines is 1. The van der Waals surface area contributed by atoms with Crippen molar-refractivity contribution in [3.8, 4) is 0 Å². The maximum absolute atomic E-state index is 12.9. The first-order chi connectivity index (χ1) is 10.7. The van der Waals surface area contributed by atoms with Crippen molar-refractivity contribution < 1.29 is 27.4 Å². The van der Waals surface area contributed by atoms with Gasteiger partial charge in [-0.05, 0) is 30.0 Å². The van der Waals surface area contributed by atoms with Gasteiger partial charge in [0.15, 0.2) is 0 Å². The van der Waals surface area contributed by atoms with Crippen molar-refractivity contribution in [3.05, 3.63) is 40.8 Å². The highest BCUT2D eigenvalue weighted by Crippen LogP contribution is 2.32. The molecule has 1 N–H and O–H groups in total. The molecule has 4 nitrogen and oxygen atoms in total. The van der Waals surface area contributed by atoms with Crippen LogP contribution in [0.15, 0.2) is 29.7 Å². The predicted molar refractivity (Wildman–Crippen MR) is 78.9 cm³/mol. The second-order valence-electron chi connectivity index (χ2n) is 5.54. The number of carbonyl (C=O) groups excluding carboxylic acids is 1. The van der Waals surface area contributed by atoms with Gasteiger partial charge in [0.05, 0.1) is 0 Å². The average Bonchev–Trinajstić information content (AvgIpc) is 2.48. The molecule has 1 aromatic rings. The first-order valence-electron chi connectivity index (χ1n) is 7.19. The van der Waals surface area contributed by atoms with Crippen LogP contribution in [0.25, 0.3) is 0 Å². The number of amides is 1. The van der Waals surface area contributed by atoms with Gasteiger partial charge in [0.1, 0.15) is 13.2 Å². The van der Waals surface area contributed by atoms with Crippen LogP contribution in [0.3, 0.4) is 0 Å². The average molecular weight is 329 g/mol. The zero-order valence-corrected chi connectivity index (χ0v) is 13.1. The van der Waals surface area contributed by atoms with E-state index in [2.05, 4.69) is 10.1 Å². The second kappa shape index (κ2) is 6.52. The van der Waals surface area contributed by atoms with Gasteiger partial charge in [-0.2, -0.15) is 13.2 Å². The lowest BCUT2D eigenvalue weighted by Gasteiger charge is -2.23. The lowest BCUT2D eigenvalue weighted by molar-refractivity contribution is -0.151. The van der Waals surface area contributed by atoms with E-state index in [0.717, 1.165) is 11.1 Å². The van der Waals surface area contributed by atoms with Gasteiger partial charge < -0.3 is 14.8 Å². The fraction of sp³-hybridized carbons (Fsp3) is 0.438. The highest BCUT2D eigenvalue weighted by Gasteiger charge is 2.43. The van der Waals surface area contributed by atoms with Crippen molar-refractivity contribution in [3.63, 3.8) is 0 Å². The summed E-state index contributed by atoms with van der Waals surface area (Å²) in [7, 11) is 0. The van der Waals surface area contributed by atoms with Crippen LogP contribution in [-0.2, 0) is 14.3 Å². The lowest BCUT2D eigenvalue weighted by atomic mass is 10.0. The second-order valence-corrected chi connectivity index (χ2v) is 5.54. The van der Waals surface area contributed by atoms with Gasteiger partial charge in [-0.1, -0.05) is 26.0 Å². The molecule has 7 heteroatoms. The molecule has 0 aromatic heterocycles. The van der Waals surface area contributed by atoms with E-state index in [1.54, 1.807) is 13.0 Å². The first kappa shape index (κ1) is 17.2.